The number of aryl methyl sites for hydroxylation is 1. The van der Waals surface area contributed by atoms with E-state index in [9.17, 15) is 18.0 Å². The predicted octanol–water partition coefficient (Wildman–Crippen LogP) is 4.95. The number of carbonyl (C=O) groups is 2. The van der Waals surface area contributed by atoms with Crippen molar-refractivity contribution in [1.82, 2.24) is 14.5 Å². The summed E-state index contributed by atoms with van der Waals surface area (Å²) in [6.07, 6.45) is 2.65. The van der Waals surface area contributed by atoms with Crippen LogP contribution in [0.25, 0.3) is 0 Å². The standard InChI is InChI=1S/C32H41N3O4S/c1-4-5-22-33-32(37)30(24-27-16-8-6-9-17-27)35(25-28-18-13-12-15-26(28)2)31(36)21-14-23-34(3)40(38,39)29-19-10-7-11-20-29/h6-13,15-20,30H,4-5,14,21-25H2,1-3H3,(H,33,37)/t30-/m1/s1. The Bertz CT molecular complexity index is 1330. The third-order valence-corrected chi connectivity index (χ3v) is 8.89. The van der Waals surface area contributed by atoms with Gasteiger partial charge in [0.25, 0.3) is 0 Å². The molecular weight excluding hydrogens is 522 g/mol. The summed E-state index contributed by atoms with van der Waals surface area (Å²) in [4.78, 5) is 29.2. The van der Waals surface area contributed by atoms with E-state index in [4.69, 9.17) is 0 Å². The summed E-state index contributed by atoms with van der Waals surface area (Å²) in [7, 11) is -2.13. The van der Waals surface area contributed by atoms with Gasteiger partial charge in [0.15, 0.2) is 0 Å². The first kappa shape index (κ1) is 31.0. The van der Waals surface area contributed by atoms with E-state index in [2.05, 4.69) is 12.2 Å². The van der Waals surface area contributed by atoms with Crippen molar-refractivity contribution in [2.45, 2.75) is 63.4 Å². The molecule has 1 atom stereocenters. The van der Waals surface area contributed by atoms with E-state index in [1.54, 1.807) is 35.2 Å². The Morgan fingerprint density at radius 1 is 0.875 bits per heavy atom. The highest BCUT2D eigenvalue weighted by Crippen LogP contribution is 2.19. The Balaban J connectivity index is 1.82. The molecule has 0 bridgehead atoms. The van der Waals surface area contributed by atoms with E-state index in [0.717, 1.165) is 29.5 Å². The van der Waals surface area contributed by atoms with Gasteiger partial charge in [-0.1, -0.05) is 86.1 Å². The normalized spacial score (nSPS) is 12.2. The van der Waals surface area contributed by atoms with Crippen molar-refractivity contribution in [3.8, 4) is 0 Å². The van der Waals surface area contributed by atoms with E-state index in [0.29, 0.717) is 25.9 Å². The second-order valence-electron chi connectivity index (χ2n) is 10.0. The third-order valence-electron chi connectivity index (χ3n) is 7.02. The van der Waals surface area contributed by atoms with Gasteiger partial charge in [-0.2, -0.15) is 0 Å². The maximum Gasteiger partial charge on any atom is 0.243 e. The van der Waals surface area contributed by atoms with Crippen molar-refractivity contribution >= 4 is 21.8 Å². The van der Waals surface area contributed by atoms with E-state index < -0.39 is 16.1 Å². The molecule has 3 aromatic carbocycles. The number of nitrogens with zero attached hydrogens (tertiary/aromatic N) is 2. The van der Waals surface area contributed by atoms with Crippen molar-refractivity contribution in [3.63, 3.8) is 0 Å². The summed E-state index contributed by atoms with van der Waals surface area (Å²) >= 11 is 0. The fraction of sp³-hybridized carbons (Fsp3) is 0.375. The van der Waals surface area contributed by atoms with Crippen molar-refractivity contribution in [2.75, 3.05) is 20.1 Å². The maximum absolute atomic E-state index is 13.8. The molecule has 214 valence electrons. The summed E-state index contributed by atoms with van der Waals surface area (Å²) in [5.74, 6) is -0.358. The molecular formula is C32H41N3O4S. The molecule has 0 saturated carbocycles. The fourth-order valence-corrected chi connectivity index (χ4v) is 5.75. The van der Waals surface area contributed by atoms with Crippen LogP contribution in [0, 0.1) is 6.92 Å². The molecule has 0 aliphatic heterocycles. The summed E-state index contributed by atoms with van der Waals surface area (Å²) in [6.45, 7) is 5.09. The Labute approximate surface area is 239 Å². The number of hydrogen-bond acceptors (Lipinski definition) is 4. The van der Waals surface area contributed by atoms with E-state index in [1.807, 2.05) is 61.5 Å². The number of rotatable bonds is 15. The minimum absolute atomic E-state index is 0.119. The lowest BCUT2D eigenvalue weighted by molar-refractivity contribution is -0.141. The highest BCUT2D eigenvalue weighted by molar-refractivity contribution is 7.89. The topological polar surface area (TPSA) is 86.8 Å². The second kappa shape index (κ2) is 15.3. The zero-order valence-corrected chi connectivity index (χ0v) is 24.6. The lowest BCUT2D eigenvalue weighted by Gasteiger charge is -2.32. The molecule has 0 aromatic heterocycles. The maximum atomic E-state index is 13.8. The highest BCUT2D eigenvalue weighted by atomic mass is 32.2. The average Bonchev–Trinajstić information content (AvgIpc) is 2.96. The van der Waals surface area contributed by atoms with Gasteiger partial charge in [-0.3, -0.25) is 9.59 Å². The Morgan fingerprint density at radius 3 is 2.15 bits per heavy atom. The van der Waals surface area contributed by atoms with Gasteiger partial charge in [0.2, 0.25) is 21.8 Å². The number of amides is 2. The van der Waals surface area contributed by atoms with Crippen LogP contribution in [-0.4, -0.2) is 55.6 Å². The average molecular weight is 564 g/mol. The Morgan fingerprint density at radius 2 is 1.50 bits per heavy atom. The van der Waals surface area contributed by atoms with Gasteiger partial charge >= 0.3 is 0 Å². The molecule has 7 nitrogen and oxygen atoms in total. The van der Waals surface area contributed by atoms with Crippen LogP contribution < -0.4 is 5.32 Å². The predicted molar refractivity (Wildman–Crippen MR) is 159 cm³/mol. The molecule has 0 spiro atoms. The molecule has 3 rings (SSSR count). The van der Waals surface area contributed by atoms with Gasteiger partial charge in [0.1, 0.15) is 6.04 Å². The van der Waals surface area contributed by atoms with Gasteiger partial charge in [0.05, 0.1) is 4.90 Å². The molecule has 0 aliphatic rings. The molecule has 2 amide bonds. The fourth-order valence-electron chi connectivity index (χ4n) is 4.52. The summed E-state index contributed by atoms with van der Waals surface area (Å²) in [5.41, 5.74) is 2.98. The largest absolute Gasteiger partial charge is 0.354 e. The lowest BCUT2D eigenvalue weighted by atomic mass is 10.0. The van der Waals surface area contributed by atoms with Gasteiger partial charge in [-0.15, -0.1) is 0 Å². The van der Waals surface area contributed by atoms with Crippen LogP contribution in [0.1, 0.15) is 49.3 Å². The van der Waals surface area contributed by atoms with Crippen molar-refractivity contribution < 1.29 is 18.0 Å². The molecule has 8 heteroatoms. The van der Waals surface area contributed by atoms with E-state index in [-0.39, 0.29) is 29.7 Å². The van der Waals surface area contributed by atoms with Gasteiger partial charge in [-0.05, 0) is 48.6 Å². The van der Waals surface area contributed by atoms with E-state index in [1.165, 1.54) is 11.4 Å². The molecule has 0 saturated heterocycles. The Kier molecular flexibility index (Phi) is 11.9. The molecule has 0 unspecified atom stereocenters. The van der Waals surface area contributed by atoms with Crippen LogP contribution in [0.2, 0.25) is 0 Å². The molecule has 3 aromatic rings. The number of unbranched alkanes of at least 4 members (excludes halogenated alkanes) is 1. The monoisotopic (exact) mass is 563 g/mol. The number of carbonyl (C=O) groups excluding carboxylic acids is 2. The van der Waals surface area contributed by atoms with Gasteiger partial charge < -0.3 is 10.2 Å². The smallest absolute Gasteiger partial charge is 0.243 e. The van der Waals surface area contributed by atoms with Crippen molar-refractivity contribution in [2.24, 2.45) is 0 Å². The summed E-state index contributed by atoms with van der Waals surface area (Å²) < 4.78 is 27.1. The Hall–Kier alpha value is -3.49. The molecule has 0 radical (unpaired) electrons. The van der Waals surface area contributed by atoms with Crippen LogP contribution in [0.15, 0.2) is 89.8 Å². The first-order chi connectivity index (χ1) is 19.2. The molecule has 0 heterocycles. The summed E-state index contributed by atoms with van der Waals surface area (Å²) in [6, 6.07) is 25.1. The van der Waals surface area contributed by atoms with Crippen LogP contribution in [-0.2, 0) is 32.6 Å². The number of benzene rings is 3. The van der Waals surface area contributed by atoms with Crippen molar-refractivity contribution in [1.29, 1.82) is 0 Å². The van der Waals surface area contributed by atoms with Crippen LogP contribution >= 0.6 is 0 Å². The first-order valence-electron chi connectivity index (χ1n) is 13.9. The van der Waals surface area contributed by atoms with Crippen LogP contribution in [0.4, 0.5) is 0 Å². The lowest BCUT2D eigenvalue weighted by Crippen LogP contribution is -2.50. The quantitative estimate of drug-likeness (QED) is 0.265. The van der Waals surface area contributed by atoms with Crippen LogP contribution in [0.5, 0.6) is 0 Å². The summed E-state index contributed by atoms with van der Waals surface area (Å²) in [5, 5.41) is 3.03. The third kappa shape index (κ3) is 8.76. The minimum atomic E-state index is -3.65. The molecule has 0 fully saturated rings. The number of nitrogens with one attached hydrogen (secondary N) is 1. The second-order valence-corrected chi connectivity index (χ2v) is 12.1. The van der Waals surface area contributed by atoms with Crippen LogP contribution in [0.3, 0.4) is 0 Å². The molecule has 0 aliphatic carbocycles. The van der Waals surface area contributed by atoms with Gasteiger partial charge in [0, 0.05) is 39.5 Å². The minimum Gasteiger partial charge on any atom is -0.354 e. The van der Waals surface area contributed by atoms with E-state index >= 15 is 0 Å². The first-order valence-corrected chi connectivity index (χ1v) is 15.3. The zero-order chi connectivity index (χ0) is 29.0. The number of hydrogen-bond donors (Lipinski definition) is 1. The molecule has 40 heavy (non-hydrogen) atoms. The zero-order valence-electron chi connectivity index (χ0n) is 23.8. The highest BCUT2D eigenvalue weighted by Gasteiger charge is 2.30. The van der Waals surface area contributed by atoms with Gasteiger partial charge in [-0.25, -0.2) is 12.7 Å². The van der Waals surface area contributed by atoms with Crippen molar-refractivity contribution in [3.05, 3.63) is 102 Å². The number of sulfonamides is 1. The SMILES string of the molecule is CCCCNC(=O)[C@@H](Cc1ccccc1)N(Cc1ccccc1C)C(=O)CCCN(C)S(=O)(=O)c1ccccc1. The molecule has 1 N–H and O–H groups in total.